The largest absolute Gasteiger partial charge is 0.497 e. The fourth-order valence-electron chi connectivity index (χ4n) is 5.58. The van der Waals surface area contributed by atoms with E-state index < -0.39 is 11.4 Å². The zero-order valence-electron chi connectivity index (χ0n) is 20.3. The van der Waals surface area contributed by atoms with E-state index >= 15 is 0 Å². The number of para-hydroxylation sites is 2. The van der Waals surface area contributed by atoms with Crippen LogP contribution in [-0.2, 0) is 16.8 Å². The lowest BCUT2D eigenvalue weighted by molar-refractivity contribution is -0.125. The van der Waals surface area contributed by atoms with E-state index in [4.69, 9.17) is 9.15 Å². The number of hydrogen-bond donors (Lipinski definition) is 0. The number of carbonyl (C=O) groups excluding carboxylic acids is 2. The minimum Gasteiger partial charge on any atom is -0.497 e. The second-order valence-electron chi connectivity index (χ2n) is 9.12. The van der Waals surface area contributed by atoms with E-state index in [1.54, 1.807) is 42.4 Å². The molecule has 37 heavy (non-hydrogen) atoms. The fraction of sp³-hybridized carbons (Fsp3) is 0.167. The van der Waals surface area contributed by atoms with E-state index in [-0.39, 0.29) is 35.7 Å². The van der Waals surface area contributed by atoms with Crippen LogP contribution in [0.15, 0.2) is 94.7 Å². The Morgan fingerprint density at radius 3 is 2.46 bits per heavy atom. The number of ether oxygens (including phenoxy) is 1. The fourth-order valence-corrected chi connectivity index (χ4v) is 5.58. The first-order chi connectivity index (χ1) is 18.0. The van der Waals surface area contributed by atoms with Gasteiger partial charge in [-0.1, -0.05) is 48.5 Å². The van der Waals surface area contributed by atoms with E-state index in [9.17, 15) is 14.4 Å². The third-order valence-electron chi connectivity index (χ3n) is 7.24. The molecule has 7 nitrogen and oxygen atoms in total. The maximum absolute atomic E-state index is 14.4. The van der Waals surface area contributed by atoms with Crippen LogP contribution in [0.25, 0.3) is 11.0 Å². The molecule has 0 N–H and O–H groups in total. The Kier molecular flexibility index (Phi) is 5.22. The molecule has 3 heterocycles. The number of rotatable bonds is 6. The highest BCUT2D eigenvalue weighted by atomic mass is 16.5. The van der Waals surface area contributed by atoms with Gasteiger partial charge in [-0.2, -0.15) is 0 Å². The zero-order chi connectivity index (χ0) is 25.7. The summed E-state index contributed by atoms with van der Waals surface area (Å²) < 4.78 is 11.3. The minimum atomic E-state index is -1.62. The first-order valence-electron chi connectivity index (χ1n) is 12.1. The zero-order valence-corrected chi connectivity index (χ0v) is 20.3. The third-order valence-corrected chi connectivity index (χ3v) is 7.24. The van der Waals surface area contributed by atoms with Crippen molar-refractivity contribution in [1.82, 2.24) is 4.90 Å². The maximum Gasteiger partial charge on any atom is 0.291 e. The van der Waals surface area contributed by atoms with Crippen LogP contribution < -0.4 is 15.1 Å². The highest BCUT2D eigenvalue weighted by Gasteiger charge is 2.64. The van der Waals surface area contributed by atoms with Crippen LogP contribution in [0.2, 0.25) is 0 Å². The van der Waals surface area contributed by atoms with Gasteiger partial charge in [-0.05, 0) is 42.3 Å². The van der Waals surface area contributed by atoms with Crippen molar-refractivity contribution < 1.29 is 18.7 Å². The predicted octanol–water partition coefficient (Wildman–Crippen LogP) is 4.28. The maximum atomic E-state index is 14.4. The lowest BCUT2D eigenvalue weighted by Crippen LogP contribution is -2.54. The number of fused-ring (bicyclic) bond motifs is 5. The smallest absolute Gasteiger partial charge is 0.291 e. The molecule has 2 amide bonds. The van der Waals surface area contributed by atoms with Crippen molar-refractivity contribution in [2.45, 2.75) is 12.0 Å². The topological polar surface area (TPSA) is 80.1 Å². The number of carbonyl (C=O) groups is 2. The molecule has 6 rings (SSSR count). The molecule has 2 aliphatic rings. The van der Waals surface area contributed by atoms with Gasteiger partial charge in [0.05, 0.1) is 23.7 Å². The molecular weight excluding hydrogens is 468 g/mol. The molecule has 3 aromatic carbocycles. The molecule has 4 aromatic rings. The second-order valence-corrected chi connectivity index (χ2v) is 9.12. The average molecular weight is 493 g/mol. The quantitative estimate of drug-likeness (QED) is 0.376. The Balaban J connectivity index is 1.58. The van der Waals surface area contributed by atoms with Crippen molar-refractivity contribution >= 4 is 28.5 Å². The van der Waals surface area contributed by atoms with Crippen LogP contribution in [-0.4, -0.2) is 36.9 Å². The molecular formula is C30H24N2O5. The van der Waals surface area contributed by atoms with Gasteiger partial charge in [0.2, 0.25) is 5.76 Å². The van der Waals surface area contributed by atoms with Gasteiger partial charge in [-0.25, -0.2) is 0 Å². The molecule has 0 saturated carbocycles. The lowest BCUT2D eigenvalue weighted by atomic mass is 9.83. The van der Waals surface area contributed by atoms with Gasteiger partial charge in [0.1, 0.15) is 11.3 Å². The normalized spacial score (nSPS) is 18.0. The Hall–Kier alpha value is -4.65. The van der Waals surface area contributed by atoms with Crippen LogP contribution in [0.5, 0.6) is 5.75 Å². The monoisotopic (exact) mass is 492 g/mol. The summed E-state index contributed by atoms with van der Waals surface area (Å²) in [4.78, 5) is 45.4. The summed E-state index contributed by atoms with van der Waals surface area (Å²) in [6, 6.07) is 21.7. The summed E-state index contributed by atoms with van der Waals surface area (Å²) in [7, 11) is 1.60. The Bertz CT molecular complexity index is 1640. The van der Waals surface area contributed by atoms with E-state index in [0.29, 0.717) is 28.6 Å². The first-order valence-corrected chi connectivity index (χ1v) is 12.1. The molecule has 2 aliphatic heterocycles. The van der Waals surface area contributed by atoms with Gasteiger partial charge < -0.3 is 19.0 Å². The number of anilines is 1. The molecule has 0 radical (unpaired) electrons. The molecule has 1 atom stereocenters. The Labute approximate surface area is 213 Å². The summed E-state index contributed by atoms with van der Waals surface area (Å²) in [5.41, 5.74) is 0.597. The number of methoxy groups -OCH3 is 1. The van der Waals surface area contributed by atoms with Crippen molar-refractivity contribution in [2.75, 3.05) is 25.1 Å². The van der Waals surface area contributed by atoms with Crippen molar-refractivity contribution in [1.29, 1.82) is 0 Å². The summed E-state index contributed by atoms with van der Waals surface area (Å²) >= 11 is 0. The Morgan fingerprint density at radius 1 is 0.973 bits per heavy atom. The number of nitrogens with zero attached hydrogens (tertiary/aromatic N) is 2. The van der Waals surface area contributed by atoms with E-state index in [1.807, 2.05) is 48.5 Å². The molecule has 1 aromatic heterocycles. The predicted molar refractivity (Wildman–Crippen MR) is 140 cm³/mol. The molecule has 0 aliphatic carbocycles. The summed E-state index contributed by atoms with van der Waals surface area (Å²) in [5.74, 6) is -0.193. The van der Waals surface area contributed by atoms with E-state index in [1.165, 1.54) is 4.90 Å². The molecule has 0 bridgehead atoms. The van der Waals surface area contributed by atoms with E-state index in [2.05, 4.69) is 6.58 Å². The summed E-state index contributed by atoms with van der Waals surface area (Å²) in [6.07, 6.45) is 2.10. The molecule has 7 heteroatoms. The summed E-state index contributed by atoms with van der Waals surface area (Å²) in [5, 5.41) is 0.331. The van der Waals surface area contributed by atoms with Crippen molar-refractivity contribution in [2.24, 2.45) is 0 Å². The first kappa shape index (κ1) is 22.8. The van der Waals surface area contributed by atoms with Gasteiger partial charge in [0.15, 0.2) is 11.0 Å². The molecule has 184 valence electrons. The van der Waals surface area contributed by atoms with Crippen LogP contribution in [0.4, 0.5) is 5.69 Å². The van der Waals surface area contributed by atoms with Gasteiger partial charge in [-0.3, -0.25) is 14.4 Å². The standard InChI is InChI=1S/C30H24N2O5/c1-3-17-31-23-10-6-5-9-22(23)30(29(31)35)25-26(33)21-8-4-7-11-24(21)37-27(25)28(34)32(30)18-16-19-12-14-20(36-2)15-13-19/h3-15H,1,16-18H2,2H3. The molecule has 0 fully saturated rings. The van der Waals surface area contributed by atoms with Gasteiger partial charge in [0.25, 0.3) is 11.8 Å². The number of amides is 2. The number of hydrogen-bond acceptors (Lipinski definition) is 5. The lowest BCUT2D eigenvalue weighted by Gasteiger charge is -2.34. The highest BCUT2D eigenvalue weighted by Crippen LogP contribution is 2.52. The van der Waals surface area contributed by atoms with Crippen LogP contribution >= 0.6 is 0 Å². The average Bonchev–Trinajstić information content (AvgIpc) is 3.32. The second kappa shape index (κ2) is 8.48. The van der Waals surface area contributed by atoms with Crippen LogP contribution in [0, 0.1) is 0 Å². The van der Waals surface area contributed by atoms with Crippen molar-refractivity contribution in [3.8, 4) is 5.75 Å². The highest BCUT2D eigenvalue weighted by molar-refractivity contribution is 6.17. The number of benzene rings is 3. The van der Waals surface area contributed by atoms with Gasteiger partial charge in [0, 0.05) is 18.7 Å². The van der Waals surface area contributed by atoms with Crippen LogP contribution in [0.3, 0.4) is 0 Å². The third kappa shape index (κ3) is 3.10. The molecule has 1 spiro atoms. The molecule has 1 unspecified atom stereocenters. The molecule has 0 saturated heterocycles. The SMILES string of the molecule is C=CCN1C(=O)C2(c3ccccc31)c1c(oc3ccccc3c1=O)C(=O)N2CCc1ccc(OC)cc1. The van der Waals surface area contributed by atoms with Gasteiger partial charge >= 0.3 is 0 Å². The minimum absolute atomic E-state index is 0.0787. The van der Waals surface area contributed by atoms with E-state index in [0.717, 1.165) is 11.3 Å². The van der Waals surface area contributed by atoms with Crippen LogP contribution in [0.1, 0.15) is 27.2 Å². The van der Waals surface area contributed by atoms with Crippen molar-refractivity contribution in [3.05, 3.63) is 118 Å². The van der Waals surface area contributed by atoms with Crippen molar-refractivity contribution in [3.63, 3.8) is 0 Å². The summed E-state index contributed by atoms with van der Waals surface area (Å²) in [6.45, 7) is 4.25. The Morgan fingerprint density at radius 2 is 1.70 bits per heavy atom. The van der Waals surface area contributed by atoms with Gasteiger partial charge in [-0.15, -0.1) is 6.58 Å².